The van der Waals surface area contributed by atoms with Gasteiger partial charge in [0, 0.05) is 17.3 Å². The number of guanidine groups is 1. The fourth-order valence-electron chi connectivity index (χ4n) is 2.89. The Morgan fingerprint density at radius 2 is 2.04 bits per heavy atom. The SMILES string of the molecule is N/C=C(\NC(N)=NCc1cc(-c2ccccc2)n[nH]1)c1cccc2c1OCO2. The molecule has 0 saturated heterocycles. The van der Waals surface area contributed by atoms with Crippen molar-refractivity contribution in [3.63, 3.8) is 0 Å². The van der Waals surface area contributed by atoms with Gasteiger partial charge in [-0.1, -0.05) is 36.4 Å². The van der Waals surface area contributed by atoms with Gasteiger partial charge < -0.3 is 26.3 Å². The number of aromatic nitrogens is 2. The van der Waals surface area contributed by atoms with Crippen LogP contribution in [0, 0.1) is 0 Å². The van der Waals surface area contributed by atoms with Crippen molar-refractivity contribution in [1.29, 1.82) is 0 Å². The minimum atomic E-state index is 0.178. The molecular weight excluding hydrogens is 356 g/mol. The molecular formula is C20H20N6O2. The number of nitrogens with zero attached hydrogens (tertiary/aromatic N) is 2. The van der Waals surface area contributed by atoms with E-state index in [9.17, 15) is 0 Å². The van der Waals surface area contributed by atoms with Gasteiger partial charge in [-0.3, -0.25) is 5.10 Å². The highest BCUT2D eigenvalue weighted by atomic mass is 16.7. The van der Waals surface area contributed by atoms with Crippen molar-refractivity contribution in [3.8, 4) is 22.8 Å². The monoisotopic (exact) mass is 376 g/mol. The summed E-state index contributed by atoms with van der Waals surface area (Å²) in [4.78, 5) is 4.35. The largest absolute Gasteiger partial charge is 0.454 e. The number of hydrogen-bond donors (Lipinski definition) is 4. The summed E-state index contributed by atoms with van der Waals surface area (Å²) in [5.41, 5.74) is 15.9. The van der Waals surface area contributed by atoms with Crippen LogP contribution in [-0.2, 0) is 6.54 Å². The number of fused-ring (bicyclic) bond motifs is 1. The number of aromatic amines is 1. The lowest BCUT2D eigenvalue weighted by Gasteiger charge is -2.12. The number of ether oxygens (including phenoxy) is 2. The first-order chi connectivity index (χ1) is 13.7. The lowest BCUT2D eigenvalue weighted by molar-refractivity contribution is 0.173. The molecule has 0 amide bonds. The molecule has 28 heavy (non-hydrogen) atoms. The lowest BCUT2D eigenvalue weighted by atomic mass is 10.1. The summed E-state index contributed by atoms with van der Waals surface area (Å²) in [6.07, 6.45) is 1.42. The number of benzene rings is 2. The molecule has 0 saturated carbocycles. The van der Waals surface area contributed by atoms with Crippen LogP contribution in [0.2, 0.25) is 0 Å². The number of para-hydroxylation sites is 1. The molecule has 4 rings (SSSR count). The Bertz CT molecular complexity index is 1030. The summed E-state index contributed by atoms with van der Waals surface area (Å²) >= 11 is 0. The van der Waals surface area contributed by atoms with Gasteiger partial charge in [0.1, 0.15) is 0 Å². The van der Waals surface area contributed by atoms with E-state index in [1.165, 1.54) is 6.20 Å². The molecule has 0 fully saturated rings. The molecule has 0 spiro atoms. The Kier molecular flexibility index (Phi) is 4.83. The molecule has 8 heteroatoms. The number of H-pyrrole nitrogens is 1. The molecule has 0 unspecified atom stereocenters. The molecule has 0 radical (unpaired) electrons. The summed E-state index contributed by atoms with van der Waals surface area (Å²) in [5, 5.41) is 10.3. The van der Waals surface area contributed by atoms with Crippen molar-refractivity contribution in [2.75, 3.05) is 6.79 Å². The maximum absolute atomic E-state index is 6.03. The minimum absolute atomic E-state index is 0.178. The highest BCUT2D eigenvalue weighted by Crippen LogP contribution is 2.37. The van der Waals surface area contributed by atoms with Gasteiger partial charge in [-0.05, 0) is 18.2 Å². The van der Waals surface area contributed by atoms with Gasteiger partial charge in [-0.2, -0.15) is 5.10 Å². The average molecular weight is 376 g/mol. The minimum Gasteiger partial charge on any atom is -0.454 e. The summed E-state index contributed by atoms with van der Waals surface area (Å²) in [6, 6.07) is 17.4. The highest BCUT2D eigenvalue weighted by Gasteiger charge is 2.19. The maximum atomic E-state index is 6.03. The van der Waals surface area contributed by atoms with Gasteiger partial charge in [0.2, 0.25) is 6.79 Å². The van der Waals surface area contributed by atoms with Crippen molar-refractivity contribution >= 4 is 11.7 Å². The molecule has 0 aliphatic carbocycles. The van der Waals surface area contributed by atoms with Gasteiger partial charge in [0.15, 0.2) is 17.5 Å². The summed E-state index contributed by atoms with van der Waals surface area (Å²) < 4.78 is 10.9. The van der Waals surface area contributed by atoms with E-state index in [0.717, 1.165) is 22.5 Å². The smallest absolute Gasteiger partial charge is 0.231 e. The van der Waals surface area contributed by atoms with Gasteiger partial charge in [0.05, 0.1) is 23.6 Å². The van der Waals surface area contributed by atoms with Crippen molar-refractivity contribution in [2.45, 2.75) is 6.54 Å². The van der Waals surface area contributed by atoms with E-state index in [0.29, 0.717) is 23.7 Å². The van der Waals surface area contributed by atoms with Crippen LogP contribution in [-0.4, -0.2) is 22.9 Å². The predicted octanol–water partition coefficient (Wildman–Crippen LogP) is 2.17. The van der Waals surface area contributed by atoms with Gasteiger partial charge in [-0.25, -0.2) is 4.99 Å². The molecule has 6 N–H and O–H groups in total. The van der Waals surface area contributed by atoms with Crippen molar-refractivity contribution in [2.24, 2.45) is 16.5 Å². The van der Waals surface area contributed by atoms with E-state index >= 15 is 0 Å². The summed E-state index contributed by atoms with van der Waals surface area (Å²) in [7, 11) is 0. The predicted molar refractivity (Wildman–Crippen MR) is 107 cm³/mol. The highest BCUT2D eigenvalue weighted by molar-refractivity contribution is 5.89. The first-order valence-corrected chi connectivity index (χ1v) is 8.72. The van der Waals surface area contributed by atoms with Crippen molar-refractivity contribution in [1.82, 2.24) is 15.5 Å². The summed E-state index contributed by atoms with van der Waals surface area (Å²) in [5.74, 6) is 1.52. The van der Waals surface area contributed by atoms with E-state index in [2.05, 4.69) is 20.5 Å². The Hall–Kier alpha value is -3.94. The first-order valence-electron chi connectivity index (χ1n) is 8.72. The second-order valence-electron chi connectivity index (χ2n) is 6.09. The Labute approximate surface area is 161 Å². The van der Waals surface area contributed by atoms with Crippen LogP contribution >= 0.6 is 0 Å². The quantitative estimate of drug-likeness (QED) is 0.400. The second kappa shape index (κ2) is 7.75. The molecule has 2 heterocycles. The van der Waals surface area contributed by atoms with Gasteiger partial charge >= 0.3 is 0 Å². The van der Waals surface area contributed by atoms with E-state index < -0.39 is 0 Å². The van der Waals surface area contributed by atoms with Crippen LogP contribution in [0.3, 0.4) is 0 Å². The van der Waals surface area contributed by atoms with Crippen LogP contribution in [0.25, 0.3) is 17.0 Å². The zero-order chi connectivity index (χ0) is 19.3. The standard InChI is InChI=1S/C20H20N6O2/c21-10-17(15-7-4-8-18-19(15)28-12-27-18)24-20(22)23-11-14-9-16(26-25-14)13-5-2-1-3-6-13/h1-10H,11-12,21H2,(H,25,26)(H3,22,23,24)/b17-10-. The normalized spacial score (nSPS) is 13.6. The summed E-state index contributed by atoms with van der Waals surface area (Å²) in [6.45, 7) is 0.528. The van der Waals surface area contributed by atoms with E-state index in [-0.39, 0.29) is 12.8 Å². The first kappa shape index (κ1) is 17.5. The molecule has 2 aromatic carbocycles. The number of nitrogens with one attached hydrogen (secondary N) is 2. The topological polar surface area (TPSA) is 124 Å². The third-order valence-electron chi connectivity index (χ3n) is 4.24. The average Bonchev–Trinajstić information content (AvgIpc) is 3.40. The number of nitrogens with two attached hydrogens (primary N) is 2. The van der Waals surface area contributed by atoms with E-state index in [4.69, 9.17) is 20.9 Å². The van der Waals surface area contributed by atoms with Gasteiger partial charge in [-0.15, -0.1) is 0 Å². The molecule has 1 aliphatic heterocycles. The second-order valence-corrected chi connectivity index (χ2v) is 6.09. The zero-order valence-electron chi connectivity index (χ0n) is 15.1. The van der Waals surface area contributed by atoms with Crippen LogP contribution in [0.5, 0.6) is 11.5 Å². The fourth-order valence-corrected chi connectivity index (χ4v) is 2.89. The number of rotatable bonds is 5. The third-order valence-corrected chi connectivity index (χ3v) is 4.24. The Balaban J connectivity index is 1.45. The number of aliphatic imine (C=N–C) groups is 1. The molecule has 0 atom stereocenters. The van der Waals surface area contributed by atoms with E-state index in [1.54, 1.807) is 0 Å². The van der Waals surface area contributed by atoms with Crippen LogP contribution in [0.4, 0.5) is 0 Å². The lowest BCUT2D eigenvalue weighted by Crippen LogP contribution is -2.31. The molecule has 0 bridgehead atoms. The fraction of sp³-hybridized carbons (Fsp3) is 0.100. The zero-order valence-corrected chi connectivity index (χ0v) is 15.1. The molecule has 3 aromatic rings. The van der Waals surface area contributed by atoms with Crippen molar-refractivity contribution < 1.29 is 9.47 Å². The van der Waals surface area contributed by atoms with Crippen LogP contribution in [0.15, 0.2) is 65.8 Å². The van der Waals surface area contributed by atoms with Crippen LogP contribution in [0.1, 0.15) is 11.3 Å². The molecule has 8 nitrogen and oxygen atoms in total. The Morgan fingerprint density at radius 1 is 1.18 bits per heavy atom. The van der Waals surface area contributed by atoms with E-state index in [1.807, 2.05) is 54.6 Å². The number of hydrogen-bond acceptors (Lipinski definition) is 5. The molecule has 1 aliphatic rings. The third kappa shape index (κ3) is 3.61. The van der Waals surface area contributed by atoms with Crippen LogP contribution < -0.4 is 26.3 Å². The van der Waals surface area contributed by atoms with Crippen molar-refractivity contribution in [3.05, 3.63) is 72.1 Å². The maximum Gasteiger partial charge on any atom is 0.231 e. The Morgan fingerprint density at radius 3 is 2.86 bits per heavy atom. The molecule has 1 aromatic heterocycles. The molecule has 142 valence electrons. The van der Waals surface area contributed by atoms with Gasteiger partial charge in [0.25, 0.3) is 0 Å².